The van der Waals surface area contributed by atoms with Gasteiger partial charge in [-0.2, -0.15) is 0 Å². The molecule has 0 radical (unpaired) electrons. The van der Waals surface area contributed by atoms with E-state index in [1.807, 2.05) is 12.1 Å². The topological polar surface area (TPSA) is 94.5 Å². The van der Waals surface area contributed by atoms with Crippen molar-refractivity contribution in [1.29, 1.82) is 0 Å². The van der Waals surface area contributed by atoms with E-state index in [4.69, 9.17) is 39.4 Å². The molecule has 9 heteroatoms. The molecule has 1 saturated heterocycles. The lowest BCUT2D eigenvalue weighted by molar-refractivity contribution is 0.0999. The molecule has 2 heterocycles. The van der Waals surface area contributed by atoms with Crippen LogP contribution in [0.4, 0.5) is 10.2 Å². The van der Waals surface area contributed by atoms with Crippen molar-refractivity contribution >= 4 is 34.9 Å². The number of nitrogens with two attached hydrogens (primary N) is 2. The zero-order valence-electron chi connectivity index (χ0n) is 19.4. The van der Waals surface area contributed by atoms with E-state index in [0.29, 0.717) is 23.3 Å². The van der Waals surface area contributed by atoms with Gasteiger partial charge in [-0.3, -0.25) is 4.79 Å². The lowest BCUT2D eigenvalue weighted by Gasteiger charge is -2.19. The molecule has 1 amide bonds. The quantitative estimate of drug-likeness (QED) is 0.377. The van der Waals surface area contributed by atoms with E-state index >= 15 is 0 Å². The van der Waals surface area contributed by atoms with Crippen molar-refractivity contribution in [1.82, 2.24) is 9.88 Å². The maximum absolute atomic E-state index is 14.0. The minimum absolute atomic E-state index is 0.0997. The molecule has 0 spiro atoms. The van der Waals surface area contributed by atoms with Crippen LogP contribution in [0.25, 0.3) is 11.1 Å². The zero-order valence-corrected chi connectivity index (χ0v) is 20.9. The highest BCUT2D eigenvalue weighted by molar-refractivity contribution is 6.36. The smallest absolute Gasteiger partial charge is 0.248 e. The fourth-order valence-corrected chi connectivity index (χ4v) is 5.06. The largest absolute Gasteiger partial charge is 0.482 e. The molecule has 184 valence electrons. The lowest BCUT2D eigenvalue weighted by Crippen LogP contribution is -2.23. The van der Waals surface area contributed by atoms with Crippen LogP contribution < -0.4 is 16.2 Å². The molecule has 6 nitrogen and oxygen atoms in total. The van der Waals surface area contributed by atoms with Gasteiger partial charge in [-0.05, 0) is 74.7 Å². The van der Waals surface area contributed by atoms with Crippen LogP contribution in [0.3, 0.4) is 0 Å². The van der Waals surface area contributed by atoms with Gasteiger partial charge >= 0.3 is 0 Å². The third-order valence-corrected chi connectivity index (χ3v) is 6.99. The highest BCUT2D eigenvalue weighted by Crippen LogP contribution is 2.37. The van der Waals surface area contributed by atoms with E-state index in [-0.39, 0.29) is 15.9 Å². The Morgan fingerprint density at radius 2 is 1.91 bits per heavy atom. The third kappa shape index (κ3) is 5.69. The first kappa shape index (κ1) is 25.2. The van der Waals surface area contributed by atoms with Crippen molar-refractivity contribution < 1.29 is 13.9 Å². The fourth-order valence-electron chi connectivity index (χ4n) is 4.38. The van der Waals surface area contributed by atoms with Gasteiger partial charge in [0.1, 0.15) is 11.9 Å². The molecule has 1 atom stereocenters. The first-order valence-electron chi connectivity index (χ1n) is 11.5. The number of amides is 1. The van der Waals surface area contributed by atoms with Crippen molar-refractivity contribution in [2.45, 2.75) is 32.3 Å². The summed E-state index contributed by atoms with van der Waals surface area (Å²) in [5, 5.41) is 0.189. The van der Waals surface area contributed by atoms with E-state index in [0.717, 1.165) is 36.3 Å². The Morgan fingerprint density at radius 3 is 2.63 bits per heavy atom. The molecule has 4 rings (SSSR count). The predicted octanol–water partition coefficient (Wildman–Crippen LogP) is 5.65. The SMILES string of the molecule is CC(Oc1cc(-c2ccc(C(N)=O)c(CCN3CCCC3)c2)cnc1N)c1c(Cl)ccc(F)c1Cl. The number of anilines is 1. The van der Waals surface area contributed by atoms with Gasteiger partial charge in [0.2, 0.25) is 5.91 Å². The van der Waals surface area contributed by atoms with Gasteiger partial charge in [0.15, 0.2) is 11.6 Å². The predicted molar refractivity (Wildman–Crippen MR) is 137 cm³/mol. The van der Waals surface area contributed by atoms with Gasteiger partial charge in [-0.25, -0.2) is 9.37 Å². The van der Waals surface area contributed by atoms with Crippen LogP contribution in [0.1, 0.15) is 47.4 Å². The summed E-state index contributed by atoms with van der Waals surface area (Å²) in [6.07, 6.45) is 4.07. The summed E-state index contributed by atoms with van der Waals surface area (Å²) >= 11 is 12.4. The Kier molecular flexibility index (Phi) is 7.79. The molecule has 3 aromatic rings. The van der Waals surface area contributed by atoms with E-state index in [9.17, 15) is 9.18 Å². The summed E-state index contributed by atoms with van der Waals surface area (Å²) < 4.78 is 20.0. The number of hydrogen-bond donors (Lipinski definition) is 2. The summed E-state index contributed by atoms with van der Waals surface area (Å²) in [6, 6.07) is 9.90. The van der Waals surface area contributed by atoms with Crippen molar-refractivity contribution in [2.24, 2.45) is 5.73 Å². The molecule has 1 fully saturated rings. The number of hydrogen-bond acceptors (Lipinski definition) is 5. The number of likely N-dealkylation sites (tertiary alicyclic amines) is 1. The second-order valence-corrected chi connectivity index (χ2v) is 9.44. The molecule has 35 heavy (non-hydrogen) atoms. The average Bonchev–Trinajstić information content (AvgIpc) is 3.35. The number of ether oxygens (including phenoxy) is 1. The first-order valence-corrected chi connectivity index (χ1v) is 12.2. The molecule has 2 aromatic carbocycles. The highest BCUT2D eigenvalue weighted by Gasteiger charge is 2.20. The Hall–Kier alpha value is -2.87. The summed E-state index contributed by atoms with van der Waals surface area (Å²) in [6.45, 7) is 4.72. The number of benzene rings is 2. The Labute approximate surface area is 214 Å². The molecule has 1 unspecified atom stereocenters. The van der Waals surface area contributed by atoms with E-state index in [2.05, 4.69) is 9.88 Å². The van der Waals surface area contributed by atoms with Crippen molar-refractivity contribution in [2.75, 3.05) is 25.4 Å². The minimum Gasteiger partial charge on any atom is -0.482 e. The monoisotopic (exact) mass is 516 g/mol. The number of nitrogen functional groups attached to an aromatic ring is 1. The van der Waals surface area contributed by atoms with Crippen LogP contribution >= 0.6 is 23.2 Å². The number of rotatable bonds is 8. The van der Waals surface area contributed by atoms with Gasteiger partial charge in [0.05, 0.1) is 5.02 Å². The molecule has 1 aromatic heterocycles. The molecular formula is C26H27Cl2FN4O2. The van der Waals surface area contributed by atoms with Crippen LogP contribution in [0.2, 0.25) is 10.0 Å². The number of carbonyl (C=O) groups excluding carboxylic acids is 1. The van der Waals surface area contributed by atoms with E-state index in [1.54, 1.807) is 25.3 Å². The second-order valence-electron chi connectivity index (χ2n) is 8.66. The zero-order chi connectivity index (χ0) is 25.1. The lowest BCUT2D eigenvalue weighted by atomic mass is 9.97. The number of primary amides is 1. The molecule has 0 bridgehead atoms. The summed E-state index contributed by atoms with van der Waals surface area (Å²) in [4.78, 5) is 18.7. The summed E-state index contributed by atoms with van der Waals surface area (Å²) in [5.41, 5.74) is 15.0. The van der Waals surface area contributed by atoms with E-state index < -0.39 is 17.8 Å². The first-order chi connectivity index (χ1) is 16.7. The number of nitrogens with zero attached hydrogens (tertiary/aromatic N) is 2. The van der Waals surface area contributed by atoms with Crippen molar-refractivity contribution in [3.63, 3.8) is 0 Å². The van der Waals surface area contributed by atoms with Crippen LogP contribution in [0.5, 0.6) is 5.75 Å². The summed E-state index contributed by atoms with van der Waals surface area (Å²) in [5.74, 6) is -0.557. The summed E-state index contributed by atoms with van der Waals surface area (Å²) in [7, 11) is 0. The van der Waals surface area contributed by atoms with Gasteiger partial charge in [-0.1, -0.05) is 35.3 Å². The molecule has 4 N–H and O–H groups in total. The van der Waals surface area contributed by atoms with Crippen LogP contribution in [-0.4, -0.2) is 35.4 Å². The molecule has 0 aliphatic carbocycles. The van der Waals surface area contributed by atoms with Gasteiger partial charge < -0.3 is 21.1 Å². The maximum Gasteiger partial charge on any atom is 0.248 e. The van der Waals surface area contributed by atoms with Crippen LogP contribution in [0.15, 0.2) is 42.6 Å². The molecule has 1 aliphatic heterocycles. The number of pyridine rings is 1. The van der Waals surface area contributed by atoms with Crippen molar-refractivity contribution in [3.05, 3.63) is 75.1 Å². The average molecular weight is 517 g/mol. The van der Waals surface area contributed by atoms with Gasteiger partial charge in [0.25, 0.3) is 0 Å². The standard InChI is InChI=1S/C26H27Cl2FN4O2/c1-15(23-20(27)6-7-21(29)24(23)28)35-22-13-18(14-32-25(22)30)16-4-5-19(26(31)34)17(12-16)8-11-33-9-2-3-10-33/h4-7,12-15H,2-3,8-11H2,1H3,(H2,30,32)(H2,31,34). The molecule has 1 aliphatic rings. The van der Waals surface area contributed by atoms with Gasteiger partial charge in [0, 0.05) is 34.5 Å². The number of carbonyl (C=O) groups is 1. The van der Waals surface area contributed by atoms with Crippen molar-refractivity contribution in [3.8, 4) is 16.9 Å². The maximum atomic E-state index is 14.0. The third-order valence-electron chi connectivity index (χ3n) is 6.27. The number of halogens is 3. The van der Waals surface area contributed by atoms with Crippen LogP contribution in [-0.2, 0) is 6.42 Å². The minimum atomic E-state index is -0.682. The number of aromatic nitrogens is 1. The van der Waals surface area contributed by atoms with Crippen LogP contribution in [0, 0.1) is 5.82 Å². The Bertz CT molecular complexity index is 1250. The van der Waals surface area contributed by atoms with E-state index in [1.165, 1.54) is 25.0 Å². The van der Waals surface area contributed by atoms with Gasteiger partial charge in [-0.15, -0.1) is 0 Å². The Balaban J connectivity index is 1.62. The molecular weight excluding hydrogens is 490 g/mol. The second kappa shape index (κ2) is 10.8. The normalized spacial score (nSPS) is 14.7. The Morgan fingerprint density at radius 1 is 1.17 bits per heavy atom. The fraction of sp³-hybridized carbons (Fsp3) is 0.308. The molecule has 0 saturated carbocycles. The highest BCUT2D eigenvalue weighted by atomic mass is 35.5.